The SMILES string of the molecule is O=C(Nc1ccc(S(=O)(=O)N2CCCCCC2)cc1)/C(=C/c1ccccc1)c1ccccc1. The highest BCUT2D eigenvalue weighted by molar-refractivity contribution is 7.89. The molecule has 5 nitrogen and oxygen atoms in total. The summed E-state index contributed by atoms with van der Waals surface area (Å²) in [5.41, 5.74) is 2.80. The highest BCUT2D eigenvalue weighted by Crippen LogP contribution is 2.24. The van der Waals surface area contributed by atoms with Crippen LogP contribution in [0.1, 0.15) is 36.8 Å². The number of sulfonamides is 1. The second kappa shape index (κ2) is 10.6. The van der Waals surface area contributed by atoms with Gasteiger partial charge in [0.2, 0.25) is 10.0 Å². The molecule has 0 unspecified atom stereocenters. The maximum atomic E-state index is 13.2. The van der Waals surface area contributed by atoms with Gasteiger partial charge in [0, 0.05) is 24.4 Å². The molecule has 0 spiro atoms. The molecule has 1 N–H and O–H groups in total. The maximum absolute atomic E-state index is 13.2. The summed E-state index contributed by atoms with van der Waals surface area (Å²) < 4.78 is 27.6. The summed E-state index contributed by atoms with van der Waals surface area (Å²) in [7, 11) is -3.52. The number of amides is 1. The number of benzene rings is 3. The van der Waals surface area contributed by atoms with Crippen LogP contribution in [0.3, 0.4) is 0 Å². The zero-order valence-electron chi connectivity index (χ0n) is 18.5. The molecule has 0 atom stereocenters. The summed E-state index contributed by atoms with van der Waals surface area (Å²) in [4.78, 5) is 13.4. The predicted molar refractivity (Wildman–Crippen MR) is 133 cm³/mol. The van der Waals surface area contributed by atoms with E-state index in [1.165, 1.54) is 0 Å². The van der Waals surface area contributed by atoms with Crippen molar-refractivity contribution in [1.82, 2.24) is 4.31 Å². The van der Waals surface area contributed by atoms with Crippen molar-refractivity contribution in [2.45, 2.75) is 30.6 Å². The van der Waals surface area contributed by atoms with Gasteiger partial charge in [-0.1, -0.05) is 73.5 Å². The normalized spacial score (nSPS) is 15.6. The van der Waals surface area contributed by atoms with Gasteiger partial charge in [0.05, 0.1) is 4.90 Å². The van der Waals surface area contributed by atoms with E-state index in [0.717, 1.165) is 36.8 Å². The standard InChI is InChI=1S/C27H28N2O3S/c30-27(26(23-13-7-4-8-14-23)21-22-11-5-3-6-12-22)28-24-15-17-25(18-16-24)33(31,32)29-19-9-1-2-10-20-29/h3-8,11-18,21H,1-2,9-10,19-20H2,(H,28,30)/b26-21+. The van der Waals surface area contributed by atoms with E-state index in [1.54, 1.807) is 28.6 Å². The Morgan fingerprint density at radius 1 is 0.758 bits per heavy atom. The third-order valence-corrected chi connectivity index (χ3v) is 7.67. The lowest BCUT2D eigenvalue weighted by Gasteiger charge is -2.20. The summed E-state index contributed by atoms with van der Waals surface area (Å²) in [6.07, 6.45) is 5.77. The van der Waals surface area contributed by atoms with Gasteiger partial charge in [0.1, 0.15) is 0 Å². The summed E-state index contributed by atoms with van der Waals surface area (Å²) in [5, 5.41) is 2.91. The van der Waals surface area contributed by atoms with Gasteiger partial charge in [0.15, 0.2) is 0 Å². The van der Waals surface area contributed by atoms with Gasteiger partial charge in [-0.15, -0.1) is 0 Å². The van der Waals surface area contributed by atoms with Crippen molar-refractivity contribution in [1.29, 1.82) is 0 Å². The van der Waals surface area contributed by atoms with Gasteiger partial charge in [-0.3, -0.25) is 4.79 Å². The molecule has 0 aliphatic carbocycles. The predicted octanol–water partition coefficient (Wildman–Crippen LogP) is 5.43. The third-order valence-electron chi connectivity index (χ3n) is 5.75. The fourth-order valence-electron chi connectivity index (χ4n) is 3.95. The largest absolute Gasteiger partial charge is 0.322 e. The van der Waals surface area contributed by atoms with Crippen molar-refractivity contribution in [2.75, 3.05) is 18.4 Å². The number of carbonyl (C=O) groups is 1. The van der Waals surface area contributed by atoms with E-state index in [9.17, 15) is 13.2 Å². The van der Waals surface area contributed by atoms with Crippen LogP contribution >= 0.6 is 0 Å². The van der Waals surface area contributed by atoms with Crippen molar-refractivity contribution in [2.24, 2.45) is 0 Å². The third kappa shape index (κ3) is 5.78. The Morgan fingerprint density at radius 3 is 1.94 bits per heavy atom. The zero-order valence-corrected chi connectivity index (χ0v) is 19.3. The molecule has 1 heterocycles. The Kier molecular flexibility index (Phi) is 7.37. The van der Waals surface area contributed by atoms with Crippen molar-refractivity contribution in [3.05, 3.63) is 96.1 Å². The van der Waals surface area contributed by atoms with Crippen LogP contribution in [0.15, 0.2) is 89.8 Å². The van der Waals surface area contributed by atoms with Crippen LogP contribution in [0.25, 0.3) is 11.6 Å². The molecular weight excluding hydrogens is 432 g/mol. The summed E-state index contributed by atoms with van der Waals surface area (Å²) in [6, 6.07) is 25.6. The van der Waals surface area contributed by atoms with Crippen LogP contribution in [0.5, 0.6) is 0 Å². The monoisotopic (exact) mass is 460 g/mol. The quantitative estimate of drug-likeness (QED) is 0.394. The fraction of sp³-hybridized carbons (Fsp3) is 0.222. The highest BCUT2D eigenvalue weighted by atomic mass is 32.2. The van der Waals surface area contributed by atoms with Gasteiger partial charge >= 0.3 is 0 Å². The molecule has 0 aromatic heterocycles. The number of hydrogen-bond acceptors (Lipinski definition) is 3. The summed E-state index contributed by atoms with van der Waals surface area (Å²) in [6.45, 7) is 1.12. The van der Waals surface area contributed by atoms with E-state index in [2.05, 4.69) is 5.32 Å². The molecule has 4 rings (SSSR count). The van der Waals surface area contributed by atoms with Crippen LogP contribution in [0.2, 0.25) is 0 Å². The molecule has 0 bridgehead atoms. The van der Waals surface area contributed by atoms with Crippen molar-refractivity contribution >= 4 is 33.3 Å². The Labute approximate surface area is 195 Å². The minimum absolute atomic E-state index is 0.255. The number of nitrogens with one attached hydrogen (secondary N) is 1. The van der Waals surface area contributed by atoms with E-state index >= 15 is 0 Å². The van der Waals surface area contributed by atoms with Crippen LogP contribution < -0.4 is 5.32 Å². The second-order valence-corrected chi connectivity index (χ2v) is 10.1. The second-order valence-electron chi connectivity index (χ2n) is 8.13. The first-order chi connectivity index (χ1) is 16.0. The average molecular weight is 461 g/mol. The Balaban J connectivity index is 1.55. The number of rotatable bonds is 6. The lowest BCUT2D eigenvalue weighted by atomic mass is 10.0. The zero-order chi connectivity index (χ0) is 23.1. The number of anilines is 1. The molecule has 1 aliphatic heterocycles. The van der Waals surface area contributed by atoms with E-state index in [4.69, 9.17) is 0 Å². The van der Waals surface area contributed by atoms with Gasteiger partial charge in [-0.25, -0.2) is 8.42 Å². The average Bonchev–Trinajstić information content (AvgIpc) is 3.14. The lowest BCUT2D eigenvalue weighted by molar-refractivity contribution is -0.111. The molecule has 3 aromatic rings. The van der Waals surface area contributed by atoms with Crippen LogP contribution in [-0.4, -0.2) is 31.7 Å². The number of carbonyl (C=O) groups excluding carboxylic acids is 1. The van der Waals surface area contributed by atoms with E-state index in [-0.39, 0.29) is 10.8 Å². The van der Waals surface area contributed by atoms with Crippen molar-refractivity contribution in [3.8, 4) is 0 Å². The first kappa shape index (κ1) is 23.0. The van der Waals surface area contributed by atoms with Crippen molar-refractivity contribution < 1.29 is 13.2 Å². The Bertz CT molecular complexity index is 1200. The topological polar surface area (TPSA) is 66.5 Å². The molecule has 1 fully saturated rings. The van der Waals surface area contributed by atoms with Crippen molar-refractivity contribution in [3.63, 3.8) is 0 Å². The Hall–Kier alpha value is -3.22. The van der Waals surface area contributed by atoms with E-state index < -0.39 is 10.0 Å². The lowest BCUT2D eigenvalue weighted by Crippen LogP contribution is -2.31. The van der Waals surface area contributed by atoms with Crippen LogP contribution in [0.4, 0.5) is 5.69 Å². The van der Waals surface area contributed by atoms with Crippen LogP contribution in [-0.2, 0) is 14.8 Å². The number of hydrogen-bond donors (Lipinski definition) is 1. The molecule has 0 saturated carbocycles. The fourth-order valence-corrected chi connectivity index (χ4v) is 5.47. The molecule has 1 saturated heterocycles. The molecule has 33 heavy (non-hydrogen) atoms. The molecular formula is C27H28N2O3S. The molecule has 6 heteroatoms. The smallest absolute Gasteiger partial charge is 0.256 e. The summed E-state index contributed by atoms with van der Waals surface area (Å²) >= 11 is 0. The first-order valence-corrected chi connectivity index (χ1v) is 12.7. The van der Waals surface area contributed by atoms with Gasteiger partial charge in [-0.05, 0) is 54.3 Å². The molecule has 0 radical (unpaired) electrons. The van der Waals surface area contributed by atoms with Gasteiger partial charge in [-0.2, -0.15) is 4.31 Å². The highest BCUT2D eigenvalue weighted by Gasteiger charge is 2.25. The molecule has 1 aliphatic rings. The minimum Gasteiger partial charge on any atom is -0.322 e. The number of nitrogens with zero attached hydrogens (tertiary/aromatic N) is 1. The Morgan fingerprint density at radius 2 is 1.33 bits per heavy atom. The van der Waals surface area contributed by atoms with Gasteiger partial charge < -0.3 is 5.32 Å². The summed E-state index contributed by atoms with van der Waals surface area (Å²) in [5.74, 6) is -0.256. The van der Waals surface area contributed by atoms with E-state index in [1.807, 2.05) is 66.7 Å². The maximum Gasteiger partial charge on any atom is 0.256 e. The minimum atomic E-state index is -3.52. The molecule has 1 amide bonds. The van der Waals surface area contributed by atoms with E-state index in [0.29, 0.717) is 24.4 Å². The molecule has 3 aromatic carbocycles. The molecule has 170 valence electrons. The van der Waals surface area contributed by atoms with Crippen LogP contribution in [0, 0.1) is 0 Å². The first-order valence-electron chi connectivity index (χ1n) is 11.3. The van der Waals surface area contributed by atoms with Gasteiger partial charge in [0.25, 0.3) is 5.91 Å².